The van der Waals surface area contributed by atoms with Crippen molar-refractivity contribution < 1.29 is 20.0 Å². The highest BCUT2D eigenvalue weighted by molar-refractivity contribution is 5.73. The zero-order valence-electron chi connectivity index (χ0n) is 13.0. The maximum atomic E-state index is 11.5. The molecule has 4 N–H and O–H groups in total. The Morgan fingerprint density at radius 1 is 1.32 bits per heavy atom. The van der Waals surface area contributed by atoms with Gasteiger partial charge in [-0.2, -0.15) is 0 Å². The molecular formula is C14H29N2O3+. The molecule has 1 amide bonds. The fourth-order valence-electron chi connectivity index (χ4n) is 2.62. The van der Waals surface area contributed by atoms with Crippen LogP contribution in [0.3, 0.4) is 0 Å². The van der Waals surface area contributed by atoms with E-state index in [-0.39, 0.29) is 42.4 Å². The molecule has 0 aromatic carbocycles. The van der Waals surface area contributed by atoms with E-state index in [9.17, 15) is 4.79 Å². The van der Waals surface area contributed by atoms with Gasteiger partial charge in [-0.3, -0.25) is 4.79 Å². The molecule has 5 nitrogen and oxygen atoms in total. The van der Waals surface area contributed by atoms with Crippen LogP contribution in [0.4, 0.5) is 0 Å². The molecule has 19 heavy (non-hydrogen) atoms. The van der Waals surface area contributed by atoms with Crippen LogP contribution in [0.1, 0.15) is 41.5 Å². The molecule has 112 valence electrons. The van der Waals surface area contributed by atoms with Gasteiger partial charge in [0, 0.05) is 6.92 Å². The van der Waals surface area contributed by atoms with Crippen LogP contribution in [-0.2, 0) is 14.3 Å². The van der Waals surface area contributed by atoms with E-state index in [2.05, 4.69) is 24.9 Å². The molecule has 0 radical (unpaired) electrons. The molecule has 0 aromatic rings. The number of nitrogens with one attached hydrogen (secondary N) is 1. The first kappa shape index (κ1) is 16.4. The summed E-state index contributed by atoms with van der Waals surface area (Å²) in [6.07, 6.45) is -0.0227. The van der Waals surface area contributed by atoms with Gasteiger partial charge in [0.15, 0.2) is 0 Å². The third-order valence-electron chi connectivity index (χ3n) is 3.56. The van der Waals surface area contributed by atoms with E-state index in [0.717, 1.165) is 0 Å². The molecule has 0 aromatic heterocycles. The lowest BCUT2D eigenvalue weighted by Crippen LogP contribution is -2.79. The van der Waals surface area contributed by atoms with Crippen molar-refractivity contribution in [3.05, 3.63) is 0 Å². The Kier molecular flexibility index (Phi) is 5.77. The molecule has 1 saturated heterocycles. The highest BCUT2D eigenvalue weighted by Gasteiger charge is 2.47. The first-order valence-corrected chi connectivity index (χ1v) is 7.15. The summed E-state index contributed by atoms with van der Waals surface area (Å²) < 4.78 is 12.0. The summed E-state index contributed by atoms with van der Waals surface area (Å²) in [5.41, 5.74) is 4.16. The van der Waals surface area contributed by atoms with Gasteiger partial charge in [0.2, 0.25) is 5.91 Å². The Morgan fingerprint density at radius 2 is 1.89 bits per heavy atom. The van der Waals surface area contributed by atoms with E-state index in [4.69, 9.17) is 9.47 Å². The Morgan fingerprint density at radius 3 is 2.32 bits per heavy atom. The maximum absolute atomic E-state index is 11.5. The van der Waals surface area contributed by atoms with Crippen molar-refractivity contribution in [1.29, 1.82) is 0 Å². The van der Waals surface area contributed by atoms with Gasteiger partial charge in [-0.05, 0) is 26.7 Å². The fraction of sp³-hybridized carbons (Fsp3) is 0.929. The average Bonchev–Trinajstić information content (AvgIpc) is 2.26. The number of hydrogen-bond acceptors (Lipinski definition) is 3. The van der Waals surface area contributed by atoms with Gasteiger partial charge in [-0.15, -0.1) is 0 Å². The minimum absolute atomic E-state index is 0.00856. The molecule has 5 heteroatoms. The minimum atomic E-state index is -0.140. The van der Waals surface area contributed by atoms with E-state index in [1.165, 1.54) is 6.92 Å². The van der Waals surface area contributed by atoms with Crippen molar-refractivity contribution in [2.75, 3.05) is 0 Å². The monoisotopic (exact) mass is 273 g/mol. The standard InChI is InChI=1S/C14H28N2O3/c1-7(2)13-12(16-10(6)17)14(18-8(3)4)11(15)9(5)19-13/h7-9,11-14H,15H2,1-6H3,(H,16,17)/p+1/t9?,11-,12?,13-,14-/m0/s1. The number of carbonyl (C=O) groups excluding carboxylic acids is 1. The first-order chi connectivity index (χ1) is 8.73. The highest BCUT2D eigenvalue weighted by atomic mass is 16.5. The van der Waals surface area contributed by atoms with Gasteiger partial charge < -0.3 is 20.5 Å². The quantitative estimate of drug-likeness (QED) is 0.775. The molecule has 2 unspecified atom stereocenters. The zero-order valence-corrected chi connectivity index (χ0v) is 13.0. The van der Waals surface area contributed by atoms with Crippen molar-refractivity contribution in [3.63, 3.8) is 0 Å². The normalized spacial score (nSPS) is 35.7. The van der Waals surface area contributed by atoms with Gasteiger partial charge >= 0.3 is 0 Å². The van der Waals surface area contributed by atoms with E-state index in [1.54, 1.807) is 0 Å². The van der Waals surface area contributed by atoms with Crippen LogP contribution < -0.4 is 11.1 Å². The Labute approximate surface area is 116 Å². The smallest absolute Gasteiger partial charge is 0.217 e. The summed E-state index contributed by atoms with van der Waals surface area (Å²) in [5.74, 6) is 0.253. The third-order valence-corrected chi connectivity index (χ3v) is 3.56. The number of carbonyl (C=O) groups is 1. The summed E-state index contributed by atoms with van der Waals surface area (Å²) in [5, 5.41) is 2.99. The molecule has 1 heterocycles. The first-order valence-electron chi connectivity index (χ1n) is 7.15. The van der Waals surface area contributed by atoms with Crippen molar-refractivity contribution in [2.24, 2.45) is 5.92 Å². The van der Waals surface area contributed by atoms with Crippen molar-refractivity contribution >= 4 is 5.91 Å². The predicted molar refractivity (Wildman–Crippen MR) is 73.5 cm³/mol. The van der Waals surface area contributed by atoms with Gasteiger partial charge in [-0.1, -0.05) is 13.8 Å². The molecule has 5 atom stereocenters. The summed E-state index contributed by atoms with van der Waals surface area (Å²) >= 11 is 0. The lowest BCUT2D eigenvalue weighted by atomic mass is 9.86. The second-order valence-corrected chi connectivity index (χ2v) is 6.09. The number of amides is 1. The van der Waals surface area contributed by atoms with Gasteiger partial charge in [0.1, 0.15) is 18.2 Å². The zero-order chi connectivity index (χ0) is 14.7. The lowest BCUT2D eigenvalue weighted by molar-refractivity contribution is -0.474. The van der Waals surface area contributed by atoms with E-state index in [0.29, 0.717) is 5.92 Å². The van der Waals surface area contributed by atoms with Crippen molar-refractivity contribution in [3.8, 4) is 0 Å². The summed E-state index contributed by atoms with van der Waals surface area (Å²) in [4.78, 5) is 11.5. The molecule has 0 saturated carbocycles. The number of ether oxygens (including phenoxy) is 2. The van der Waals surface area contributed by atoms with Crippen LogP contribution in [-0.4, -0.2) is 42.4 Å². The van der Waals surface area contributed by atoms with E-state index >= 15 is 0 Å². The maximum Gasteiger partial charge on any atom is 0.217 e. The van der Waals surface area contributed by atoms with Crippen LogP contribution >= 0.6 is 0 Å². The largest absolute Gasteiger partial charge is 0.367 e. The Bertz CT molecular complexity index is 307. The molecule has 1 aliphatic rings. The molecule has 0 spiro atoms. The van der Waals surface area contributed by atoms with E-state index in [1.807, 2.05) is 20.8 Å². The number of rotatable bonds is 4. The topological polar surface area (TPSA) is 75.2 Å². The minimum Gasteiger partial charge on any atom is -0.367 e. The molecule has 1 aliphatic heterocycles. The molecule has 0 bridgehead atoms. The number of hydrogen-bond donors (Lipinski definition) is 2. The van der Waals surface area contributed by atoms with Crippen LogP contribution in [0.2, 0.25) is 0 Å². The average molecular weight is 273 g/mol. The van der Waals surface area contributed by atoms with Crippen LogP contribution in [0.15, 0.2) is 0 Å². The second-order valence-electron chi connectivity index (χ2n) is 6.09. The predicted octanol–water partition coefficient (Wildman–Crippen LogP) is 0.339. The number of quaternary nitrogens is 1. The van der Waals surface area contributed by atoms with Crippen LogP contribution in [0.25, 0.3) is 0 Å². The third kappa shape index (κ3) is 4.16. The van der Waals surface area contributed by atoms with Gasteiger partial charge in [-0.25, -0.2) is 0 Å². The SMILES string of the molecule is CC(=O)NC1[C@H](C(C)C)OC(C)[C@H]([NH3+])[C@@H]1OC(C)C. The Hall–Kier alpha value is -0.650. The molecular weight excluding hydrogens is 244 g/mol. The molecule has 1 rings (SSSR count). The highest BCUT2D eigenvalue weighted by Crippen LogP contribution is 2.26. The van der Waals surface area contributed by atoms with Gasteiger partial charge in [0.05, 0.1) is 18.2 Å². The molecule has 1 fully saturated rings. The second kappa shape index (κ2) is 6.68. The van der Waals surface area contributed by atoms with Gasteiger partial charge in [0.25, 0.3) is 0 Å². The Balaban J connectivity index is 2.97. The van der Waals surface area contributed by atoms with Crippen LogP contribution in [0.5, 0.6) is 0 Å². The van der Waals surface area contributed by atoms with Crippen LogP contribution in [0, 0.1) is 5.92 Å². The van der Waals surface area contributed by atoms with E-state index < -0.39 is 0 Å². The summed E-state index contributed by atoms with van der Waals surface area (Å²) in [7, 11) is 0. The van der Waals surface area contributed by atoms with Crippen molar-refractivity contribution in [1.82, 2.24) is 5.32 Å². The van der Waals surface area contributed by atoms with Crippen molar-refractivity contribution in [2.45, 2.75) is 78.0 Å². The molecule has 0 aliphatic carbocycles. The summed E-state index contributed by atoms with van der Waals surface area (Å²) in [6.45, 7) is 11.8. The summed E-state index contributed by atoms with van der Waals surface area (Å²) in [6, 6.07) is -0.132. The fourth-order valence-corrected chi connectivity index (χ4v) is 2.62. The lowest BCUT2D eigenvalue weighted by Gasteiger charge is -2.45.